The summed E-state index contributed by atoms with van der Waals surface area (Å²) in [5.41, 5.74) is 0. The number of terminal acetylenes is 2. The normalized spacial score (nSPS) is 9.67. The van der Waals surface area contributed by atoms with E-state index in [-0.39, 0.29) is 70.7 Å². The highest BCUT2D eigenvalue weighted by molar-refractivity contribution is 7.94. The van der Waals surface area contributed by atoms with Gasteiger partial charge in [-0.15, -0.1) is 12.8 Å². The lowest BCUT2D eigenvalue weighted by Gasteiger charge is -2.04. The minimum atomic E-state index is -3.20. The molecule has 0 spiro atoms. The number of hydrogen-bond donors (Lipinski definition) is 4. The maximum Gasteiger partial charge on any atom is 0.407 e. The highest BCUT2D eigenvalue weighted by Gasteiger charge is 2.09. The standard InChI is InChI=1S/C6H11NO.C6H9NO.C6H10O.C6H8O.C5H11NO2S.C5H11NO2.C5H10O2S/c2*1-4-6(8)7-5(2)3;2*1-4-6(7)5(2)3;1-4-9(7,8)6-5(2)3;1-4(2)6-5(7)8-3;1-4-8(6,7)5(2)3/h4-5H,1H2,2-3H3,(H,7,8);1,5H,2-3H3,(H,7,8);4-5H,1H2,2-3H3;1,5H,2-3H3;4-6H,1H2,2-3H3;4H,1-3H3,(H,6,7);4-5H,1H2,2-3H3. The van der Waals surface area contributed by atoms with Crippen molar-refractivity contribution in [3.63, 3.8) is 0 Å². The number of Topliss-reactive ketones (excluding diaryl/α,β-unsaturated/α-hetero) is 1. The summed E-state index contributed by atoms with van der Waals surface area (Å²) in [5, 5.41) is 9.23. The Labute approximate surface area is 333 Å². The average Bonchev–Trinajstić information content (AvgIpc) is 3.07. The number of amides is 3. The maximum absolute atomic E-state index is 10.6. The zero-order valence-electron chi connectivity index (χ0n) is 35.7. The van der Waals surface area contributed by atoms with Crippen molar-refractivity contribution in [3.8, 4) is 24.7 Å². The lowest BCUT2D eigenvalue weighted by Crippen LogP contribution is -2.29. The molecule has 0 saturated carbocycles. The predicted octanol–water partition coefficient (Wildman–Crippen LogP) is 5.25. The van der Waals surface area contributed by atoms with Crippen LogP contribution >= 0.6 is 0 Å². The summed E-state index contributed by atoms with van der Waals surface area (Å²) in [5.74, 6) is 3.60. The molecule has 0 saturated heterocycles. The number of carbonyl (C=O) groups is 5. The molecule has 0 aromatic heterocycles. The summed E-state index contributed by atoms with van der Waals surface area (Å²) >= 11 is 0. The summed E-state index contributed by atoms with van der Waals surface area (Å²) in [6.07, 6.45) is 11.8. The van der Waals surface area contributed by atoms with Gasteiger partial charge in [0.1, 0.15) is 0 Å². The number of carbonyl (C=O) groups excluding carboxylic acids is 5. The Hall–Kier alpha value is -4.51. The zero-order valence-corrected chi connectivity index (χ0v) is 37.4. The lowest BCUT2D eigenvalue weighted by atomic mass is 10.1. The van der Waals surface area contributed by atoms with Crippen molar-refractivity contribution in [3.05, 3.63) is 49.3 Å². The SMILES string of the molecule is C#CC(=O)C(C)C.C#CC(=O)NC(C)C.C=CC(=O)C(C)C.C=CC(=O)NC(C)C.C=CS(=O)(=O)C(C)C.C=CS(=O)(=O)NC(C)C.COC(=O)NC(C)C. The zero-order chi connectivity index (χ0) is 45.7. The molecule has 0 fully saturated rings. The van der Waals surface area contributed by atoms with Crippen molar-refractivity contribution in [1.82, 2.24) is 20.7 Å². The minimum absolute atomic E-state index is 0.00926. The molecule has 0 unspecified atom stereocenters. The van der Waals surface area contributed by atoms with Crippen molar-refractivity contribution in [2.24, 2.45) is 11.8 Å². The van der Waals surface area contributed by atoms with E-state index in [0.29, 0.717) is 0 Å². The predicted molar refractivity (Wildman–Crippen MR) is 227 cm³/mol. The van der Waals surface area contributed by atoms with Crippen LogP contribution in [0.3, 0.4) is 0 Å². The van der Waals surface area contributed by atoms with Crippen molar-refractivity contribution >= 4 is 49.3 Å². The third-order valence-corrected chi connectivity index (χ3v) is 7.72. The maximum atomic E-state index is 10.6. The van der Waals surface area contributed by atoms with Crippen LogP contribution in [-0.4, -0.2) is 82.8 Å². The molecule has 0 aliphatic heterocycles. The molecule has 0 rings (SSSR count). The number of ether oxygens (including phenoxy) is 1. The fraction of sp³-hybridized carbons (Fsp3) is 0.564. The van der Waals surface area contributed by atoms with Gasteiger partial charge in [0.2, 0.25) is 21.7 Å². The van der Waals surface area contributed by atoms with E-state index >= 15 is 0 Å². The van der Waals surface area contributed by atoms with Crippen LogP contribution in [0.1, 0.15) is 96.9 Å². The van der Waals surface area contributed by atoms with Gasteiger partial charge < -0.3 is 20.7 Å². The van der Waals surface area contributed by atoms with E-state index in [9.17, 15) is 40.8 Å². The van der Waals surface area contributed by atoms with E-state index in [0.717, 1.165) is 10.8 Å². The first-order chi connectivity index (χ1) is 24.8. The summed E-state index contributed by atoms with van der Waals surface area (Å²) in [4.78, 5) is 51.6. The molecule has 14 nitrogen and oxygen atoms in total. The second kappa shape index (κ2) is 39.2. The van der Waals surface area contributed by atoms with Crippen molar-refractivity contribution in [2.45, 2.75) is 126 Å². The van der Waals surface area contributed by atoms with E-state index in [1.807, 2.05) is 67.2 Å². The average molecular weight is 819 g/mol. The molecule has 4 N–H and O–H groups in total. The fourth-order valence-corrected chi connectivity index (χ4v) is 3.05. The number of nitrogens with one attached hydrogen (secondary N) is 4. The van der Waals surface area contributed by atoms with Crippen molar-refractivity contribution < 1.29 is 45.5 Å². The largest absolute Gasteiger partial charge is 0.453 e. The molecule has 318 valence electrons. The van der Waals surface area contributed by atoms with Crippen molar-refractivity contribution in [1.29, 1.82) is 0 Å². The number of sulfone groups is 1. The first kappa shape index (κ1) is 65.4. The minimum Gasteiger partial charge on any atom is -0.453 e. The van der Waals surface area contributed by atoms with E-state index in [2.05, 4.69) is 51.7 Å². The van der Waals surface area contributed by atoms with Gasteiger partial charge in [-0.1, -0.05) is 54.0 Å². The number of alkyl carbamates (subject to hydrolysis) is 1. The van der Waals surface area contributed by atoms with Gasteiger partial charge in [-0.2, -0.15) is 0 Å². The second-order valence-electron chi connectivity index (χ2n) is 12.6. The number of sulfonamides is 1. The smallest absolute Gasteiger partial charge is 0.407 e. The number of allylic oxidation sites excluding steroid dienone is 1. The van der Waals surface area contributed by atoms with Gasteiger partial charge in [0, 0.05) is 46.8 Å². The van der Waals surface area contributed by atoms with E-state index in [1.54, 1.807) is 41.5 Å². The highest BCUT2D eigenvalue weighted by Crippen LogP contribution is 1.99. The fourth-order valence-electron chi connectivity index (χ4n) is 1.91. The molecular weight excluding hydrogens is 749 g/mol. The van der Waals surface area contributed by atoms with Crippen LogP contribution in [0, 0.1) is 36.5 Å². The first-order valence-corrected chi connectivity index (χ1v) is 20.2. The van der Waals surface area contributed by atoms with Crippen LogP contribution in [0.4, 0.5) is 4.79 Å². The third kappa shape index (κ3) is 61.8. The van der Waals surface area contributed by atoms with Crippen LogP contribution in [0.2, 0.25) is 0 Å². The van der Waals surface area contributed by atoms with E-state index < -0.39 is 19.9 Å². The number of ketones is 2. The second-order valence-corrected chi connectivity index (χ2v) is 16.8. The first-order valence-electron chi connectivity index (χ1n) is 17.1. The molecule has 0 bridgehead atoms. The quantitative estimate of drug-likeness (QED) is 0.114. The van der Waals surface area contributed by atoms with Gasteiger partial charge in [0.15, 0.2) is 15.6 Å². The van der Waals surface area contributed by atoms with E-state index in [1.165, 1.54) is 19.3 Å². The Morgan fingerprint density at radius 1 is 0.600 bits per heavy atom. The van der Waals surface area contributed by atoms with Crippen LogP contribution < -0.4 is 20.7 Å². The summed E-state index contributed by atoms with van der Waals surface area (Å²) in [6, 6.07) is 0.439. The van der Waals surface area contributed by atoms with Gasteiger partial charge in [-0.05, 0) is 93.2 Å². The van der Waals surface area contributed by atoms with Crippen molar-refractivity contribution in [2.75, 3.05) is 7.11 Å². The topological polar surface area (TPSA) is 211 Å². The van der Waals surface area contributed by atoms with Crippen LogP contribution in [0.5, 0.6) is 0 Å². The van der Waals surface area contributed by atoms with Crippen LogP contribution in [0.25, 0.3) is 0 Å². The van der Waals surface area contributed by atoms with E-state index in [4.69, 9.17) is 12.8 Å². The Bertz CT molecular complexity index is 1450. The molecule has 0 heterocycles. The molecule has 0 aromatic carbocycles. The van der Waals surface area contributed by atoms with Gasteiger partial charge in [0.05, 0.1) is 12.4 Å². The summed E-state index contributed by atoms with van der Waals surface area (Å²) in [6.45, 7) is 38.2. The molecule has 16 heteroatoms. The third-order valence-electron chi connectivity index (χ3n) is 4.70. The van der Waals surface area contributed by atoms with Crippen LogP contribution in [0.15, 0.2) is 49.3 Å². The summed E-state index contributed by atoms with van der Waals surface area (Å²) in [7, 11) is -4.83. The Balaban J connectivity index is -0.0000000979. The summed E-state index contributed by atoms with van der Waals surface area (Å²) < 4.78 is 49.0. The molecule has 0 atom stereocenters. The number of rotatable bonds is 12. The Morgan fingerprint density at radius 3 is 1.09 bits per heavy atom. The van der Waals surface area contributed by atoms with Crippen LogP contribution in [-0.2, 0) is 43.8 Å². The number of methoxy groups -OCH3 is 1. The molecule has 0 radical (unpaired) electrons. The molecule has 0 aromatic rings. The van der Waals surface area contributed by atoms with Gasteiger partial charge >= 0.3 is 6.09 Å². The van der Waals surface area contributed by atoms with Gasteiger partial charge in [-0.25, -0.2) is 26.4 Å². The molecule has 3 amide bonds. The Kier molecular flexibility index (Phi) is 46.6. The molecule has 55 heavy (non-hydrogen) atoms. The monoisotopic (exact) mass is 818 g/mol. The molecular formula is C39H70N4O10S2. The molecule has 0 aliphatic carbocycles. The number of hydrogen-bond acceptors (Lipinski definition) is 10. The van der Waals surface area contributed by atoms with Gasteiger partial charge in [-0.3, -0.25) is 19.2 Å². The lowest BCUT2D eigenvalue weighted by molar-refractivity contribution is -0.117. The molecule has 0 aliphatic rings. The Morgan fingerprint density at radius 2 is 1.02 bits per heavy atom. The van der Waals surface area contributed by atoms with Gasteiger partial charge in [0.25, 0.3) is 5.91 Å². The highest BCUT2D eigenvalue weighted by atomic mass is 32.2.